The van der Waals surface area contributed by atoms with Gasteiger partial charge in [-0.1, -0.05) is 54.6 Å². The Bertz CT molecular complexity index is 873. The van der Waals surface area contributed by atoms with Crippen LogP contribution >= 0.6 is 0 Å². The molecule has 0 radical (unpaired) electrons. The monoisotopic (exact) mass is 360 g/mol. The van der Waals surface area contributed by atoms with Gasteiger partial charge in [0.1, 0.15) is 5.82 Å². The van der Waals surface area contributed by atoms with E-state index in [2.05, 4.69) is 67.3 Å². The summed E-state index contributed by atoms with van der Waals surface area (Å²) in [5.74, 6) is 2.47. The normalized spacial score (nSPS) is 16.1. The van der Waals surface area contributed by atoms with E-state index in [1.807, 2.05) is 17.8 Å². The van der Waals surface area contributed by atoms with Crippen LogP contribution in [0.4, 0.5) is 0 Å². The molecule has 0 atom stereocenters. The van der Waals surface area contributed by atoms with Gasteiger partial charge in [0.05, 0.1) is 0 Å². The number of hydrogen-bond acceptors (Lipinski definition) is 3. The summed E-state index contributed by atoms with van der Waals surface area (Å²) in [5.41, 5.74) is 3.53. The number of aryl methyl sites for hydroxylation is 1. The summed E-state index contributed by atoms with van der Waals surface area (Å²) in [7, 11) is 2.03. The molecule has 27 heavy (non-hydrogen) atoms. The molecule has 1 aliphatic heterocycles. The molecule has 0 unspecified atom stereocenters. The van der Waals surface area contributed by atoms with Gasteiger partial charge >= 0.3 is 0 Å². The fourth-order valence-electron chi connectivity index (χ4n) is 3.99. The molecule has 0 aliphatic carbocycles. The predicted octanol–water partition coefficient (Wildman–Crippen LogP) is 4.74. The van der Waals surface area contributed by atoms with E-state index in [-0.39, 0.29) is 0 Å². The van der Waals surface area contributed by atoms with Gasteiger partial charge in [0, 0.05) is 24.6 Å². The Hall–Kier alpha value is -2.46. The topological polar surface area (TPSA) is 34.0 Å². The van der Waals surface area contributed by atoms with Gasteiger partial charge in [-0.3, -0.25) is 4.68 Å². The van der Waals surface area contributed by atoms with Crippen molar-refractivity contribution >= 4 is 0 Å². The molecule has 1 saturated heterocycles. The SMILES string of the molecule is CC(C)N1CCC(c2nc(-c3ccc(-c4ccccc4)cc3)nn2C)CC1. The average molecular weight is 361 g/mol. The fraction of sp³-hybridized carbons (Fsp3) is 0.391. The maximum atomic E-state index is 4.91. The van der Waals surface area contributed by atoms with Crippen LogP contribution in [0.1, 0.15) is 38.4 Å². The third-order valence-electron chi connectivity index (χ3n) is 5.67. The molecule has 1 aliphatic rings. The zero-order valence-corrected chi connectivity index (χ0v) is 16.5. The first-order valence-corrected chi connectivity index (χ1v) is 9.92. The van der Waals surface area contributed by atoms with Crippen LogP contribution in [0, 0.1) is 0 Å². The van der Waals surface area contributed by atoms with Gasteiger partial charge in [0.2, 0.25) is 0 Å². The van der Waals surface area contributed by atoms with Gasteiger partial charge in [0.25, 0.3) is 0 Å². The summed E-state index contributed by atoms with van der Waals surface area (Å²) in [6.45, 7) is 6.85. The number of aromatic nitrogens is 3. The molecule has 0 bridgehead atoms. The molecular formula is C23H28N4. The van der Waals surface area contributed by atoms with Crippen LogP contribution in [0.5, 0.6) is 0 Å². The van der Waals surface area contributed by atoms with E-state index < -0.39 is 0 Å². The van der Waals surface area contributed by atoms with E-state index in [4.69, 9.17) is 10.1 Å². The summed E-state index contributed by atoms with van der Waals surface area (Å²) < 4.78 is 1.98. The lowest BCUT2D eigenvalue weighted by atomic mass is 9.95. The van der Waals surface area contributed by atoms with Crippen LogP contribution in [-0.4, -0.2) is 38.8 Å². The van der Waals surface area contributed by atoms with Gasteiger partial charge in [-0.15, -0.1) is 0 Å². The molecule has 2 heterocycles. The lowest BCUT2D eigenvalue weighted by Crippen LogP contribution is -2.38. The lowest BCUT2D eigenvalue weighted by Gasteiger charge is -2.34. The quantitative estimate of drug-likeness (QED) is 0.674. The van der Waals surface area contributed by atoms with Crippen molar-refractivity contribution in [2.24, 2.45) is 7.05 Å². The van der Waals surface area contributed by atoms with Crippen molar-refractivity contribution < 1.29 is 0 Å². The molecule has 1 fully saturated rings. The molecule has 2 aromatic carbocycles. The standard InChI is InChI=1S/C23H28N4/c1-17(2)27-15-13-21(14-16-27)23-24-22(25-26(23)3)20-11-9-19(10-12-20)18-7-5-4-6-8-18/h4-12,17,21H,13-16H2,1-3H3. The van der Waals surface area contributed by atoms with E-state index in [0.717, 1.165) is 43.1 Å². The van der Waals surface area contributed by atoms with Crippen LogP contribution in [-0.2, 0) is 7.05 Å². The largest absolute Gasteiger partial charge is 0.301 e. The number of benzene rings is 2. The smallest absolute Gasteiger partial charge is 0.181 e. The van der Waals surface area contributed by atoms with Crippen LogP contribution < -0.4 is 0 Å². The van der Waals surface area contributed by atoms with Gasteiger partial charge in [-0.25, -0.2) is 4.98 Å². The number of likely N-dealkylation sites (tertiary alicyclic amines) is 1. The zero-order chi connectivity index (χ0) is 18.8. The molecule has 4 nitrogen and oxygen atoms in total. The highest BCUT2D eigenvalue weighted by Gasteiger charge is 2.26. The molecule has 0 amide bonds. The molecular weight excluding hydrogens is 332 g/mol. The van der Waals surface area contributed by atoms with Crippen molar-refractivity contribution in [3.63, 3.8) is 0 Å². The summed E-state index contributed by atoms with van der Waals surface area (Å²) in [6, 6.07) is 19.6. The van der Waals surface area contributed by atoms with E-state index in [1.54, 1.807) is 0 Å². The minimum absolute atomic E-state index is 0.509. The van der Waals surface area contributed by atoms with Crippen molar-refractivity contribution in [3.8, 4) is 22.5 Å². The Morgan fingerprint density at radius 3 is 2.07 bits per heavy atom. The first kappa shape index (κ1) is 17.9. The predicted molar refractivity (Wildman–Crippen MR) is 111 cm³/mol. The maximum Gasteiger partial charge on any atom is 0.181 e. The third-order valence-corrected chi connectivity index (χ3v) is 5.67. The third kappa shape index (κ3) is 3.81. The van der Waals surface area contributed by atoms with E-state index in [1.165, 1.54) is 11.1 Å². The molecule has 0 N–H and O–H groups in total. The van der Waals surface area contributed by atoms with Crippen molar-refractivity contribution in [1.29, 1.82) is 0 Å². The van der Waals surface area contributed by atoms with Crippen LogP contribution in [0.2, 0.25) is 0 Å². The number of rotatable bonds is 4. The van der Waals surface area contributed by atoms with E-state index in [0.29, 0.717) is 12.0 Å². The number of piperidine rings is 1. The van der Waals surface area contributed by atoms with Gasteiger partial charge < -0.3 is 4.90 Å². The van der Waals surface area contributed by atoms with Crippen molar-refractivity contribution in [2.45, 2.75) is 38.6 Å². The Morgan fingerprint density at radius 2 is 1.44 bits per heavy atom. The van der Waals surface area contributed by atoms with Crippen molar-refractivity contribution in [2.75, 3.05) is 13.1 Å². The molecule has 4 heteroatoms. The second kappa shape index (κ2) is 7.65. The molecule has 140 valence electrons. The Kier molecular flexibility index (Phi) is 5.08. The second-order valence-electron chi connectivity index (χ2n) is 7.76. The van der Waals surface area contributed by atoms with E-state index in [9.17, 15) is 0 Å². The summed E-state index contributed by atoms with van der Waals surface area (Å²) in [5, 5.41) is 4.70. The van der Waals surface area contributed by atoms with Crippen molar-refractivity contribution in [1.82, 2.24) is 19.7 Å². The van der Waals surface area contributed by atoms with Crippen LogP contribution in [0.15, 0.2) is 54.6 Å². The lowest BCUT2D eigenvalue weighted by molar-refractivity contribution is 0.168. The van der Waals surface area contributed by atoms with E-state index >= 15 is 0 Å². The molecule has 1 aromatic heterocycles. The van der Waals surface area contributed by atoms with Gasteiger partial charge in [-0.05, 0) is 50.9 Å². The highest BCUT2D eigenvalue weighted by atomic mass is 15.3. The van der Waals surface area contributed by atoms with Crippen LogP contribution in [0.3, 0.4) is 0 Å². The maximum absolute atomic E-state index is 4.91. The highest BCUT2D eigenvalue weighted by molar-refractivity contribution is 5.67. The molecule has 3 aromatic rings. The Balaban J connectivity index is 1.52. The first-order valence-electron chi connectivity index (χ1n) is 9.92. The average Bonchev–Trinajstić information content (AvgIpc) is 3.10. The molecule has 4 rings (SSSR count). The first-order chi connectivity index (χ1) is 13.1. The summed E-state index contributed by atoms with van der Waals surface area (Å²) in [6.07, 6.45) is 2.33. The van der Waals surface area contributed by atoms with Gasteiger partial charge in [0.15, 0.2) is 5.82 Å². The Morgan fingerprint density at radius 1 is 0.852 bits per heavy atom. The minimum Gasteiger partial charge on any atom is -0.301 e. The number of hydrogen-bond donors (Lipinski definition) is 0. The second-order valence-corrected chi connectivity index (χ2v) is 7.76. The Labute approximate surface area is 161 Å². The highest BCUT2D eigenvalue weighted by Crippen LogP contribution is 2.29. The fourth-order valence-corrected chi connectivity index (χ4v) is 3.99. The molecule has 0 saturated carbocycles. The zero-order valence-electron chi connectivity index (χ0n) is 16.5. The molecule has 0 spiro atoms. The van der Waals surface area contributed by atoms with Crippen molar-refractivity contribution in [3.05, 3.63) is 60.4 Å². The summed E-state index contributed by atoms with van der Waals surface area (Å²) in [4.78, 5) is 7.46. The number of nitrogens with zero attached hydrogens (tertiary/aromatic N) is 4. The minimum atomic E-state index is 0.509. The van der Waals surface area contributed by atoms with Crippen LogP contribution in [0.25, 0.3) is 22.5 Å². The van der Waals surface area contributed by atoms with Gasteiger partial charge in [-0.2, -0.15) is 5.10 Å². The summed E-state index contributed by atoms with van der Waals surface area (Å²) >= 11 is 0.